The average molecular weight is 596 g/mol. The zero-order valence-electron chi connectivity index (χ0n) is 23.4. The fourth-order valence-corrected chi connectivity index (χ4v) is 5.70. The second-order valence-corrected chi connectivity index (χ2v) is 10.6. The summed E-state index contributed by atoms with van der Waals surface area (Å²) in [4.78, 5) is 63.2. The van der Waals surface area contributed by atoms with E-state index in [0.29, 0.717) is 62.4 Å². The molecule has 2 aliphatic rings. The topological polar surface area (TPSA) is 165 Å². The number of aromatic amines is 1. The van der Waals surface area contributed by atoms with Gasteiger partial charge in [-0.25, -0.2) is 19.2 Å². The highest BCUT2D eigenvalue weighted by Gasteiger charge is 2.30. The molecule has 15 heteroatoms. The molecule has 2 atom stereocenters. The number of carboxylic acid groups (broad SMARTS) is 1. The number of hydrogen-bond acceptors (Lipinski definition) is 10. The standard InChI is InChI=1S/C28H30FN7O7/c1-2-34-11-18(28(40)41)25(38)17-9-19(29)21(10-20(17)34)35-7-5-33(6-8-35)12-23(37)42-13-16-3-4-22(43-16)36-15-32-24-26(36)30-14-31-27(24)39/h9-11,14-16,22H,2-8,12-13H2,1H3,(H,40,41)(H,30,31,39)/t16-,22+/m0/s1. The molecule has 3 aromatic heterocycles. The number of imidazole rings is 1. The van der Waals surface area contributed by atoms with Gasteiger partial charge >= 0.3 is 11.9 Å². The van der Waals surface area contributed by atoms with Gasteiger partial charge < -0.3 is 29.0 Å². The first-order valence-electron chi connectivity index (χ1n) is 14.0. The number of pyridine rings is 1. The monoisotopic (exact) mass is 595 g/mol. The molecule has 43 heavy (non-hydrogen) atoms. The number of rotatable bonds is 8. The second-order valence-electron chi connectivity index (χ2n) is 10.6. The number of esters is 1. The van der Waals surface area contributed by atoms with Gasteiger partial charge in [0.1, 0.15) is 24.2 Å². The van der Waals surface area contributed by atoms with Crippen LogP contribution in [0.3, 0.4) is 0 Å². The number of fused-ring (bicyclic) bond motifs is 2. The summed E-state index contributed by atoms with van der Waals surface area (Å²) in [6.45, 7) is 4.28. The lowest BCUT2D eigenvalue weighted by Gasteiger charge is -2.35. The van der Waals surface area contributed by atoms with Crippen molar-refractivity contribution < 1.29 is 28.6 Å². The molecule has 2 aliphatic heterocycles. The van der Waals surface area contributed by atoms with Gasteiger partial charge in [-0.15, -0.1) is 0 Å². The summed E-state index contributed by atoms with van der Waals surface area (Å²) in [5, 5.41) is 9.38. The first kappa shape index (κ1) is 28.5. The first-order valence-corrected chi connectivity index (χ1v) is 14.0. The van der Waals surface area contributed by atoms with Gasteiger partial charge in [-0.2, -0.15) is 0 Å². The molecule has 2 N–H and O–H groups in total. The fourth-order valence-electron chi connectivity index (χ4n) is 5.70. The maximum absolute atomic E-state index is 15.2. The average Bonchev–Trinajstić information content (AvgIpc) is 3.64. The van der Waals surface area contributed by atoms with Crippen LogP contribution in [0.4, 0.5) is 10.1 Å². The molecule has 0 bridgehead atoms. The minimum absolute atomic E-state index is 0.0206. The minimum atomic E-state index is -1.35. The van der Waals surface area contributed by atoms with Gasteiger partial charge in [-0.05, 0) is 31.9 Å². The molecular formula is C28H30FN7O7. The molecule has 0 saturated carbocycles. The highest BCUT2D eigenvalue weighted by molar-refractivity contribution is 5.93. The van der Waals surface area contributed by atoms with E-state index in [-0.39, 0.29) is 47.9 Å². The molecule has 2 fully saturated rings. The number of piperazine rings is 1. The van der Waals surface area contributed by atoms with Crippen molar-refractivity contribution in [3.8, 4) is 0 Å². The Bertz CT molecular complexity index is 1830. The Balaban J connectivity index is 1.02. The lowest BCUT2D eigenvalue weighted by atomic mass is 10.1. The number of halogens is 1. The van der Waals surface area contributed by atoms with Crippen molar-refractivity contribution in [1.29, 1.82) is 0 Å². The van der Waals surface area contributed by atoms with Crippen LogP contribution in [0.25, 0.3) is 22.1 Å². The molecule has 0 radical (unpaired) electrons. The molecule has 4 aromatic rings. The Morgan fingerprint density at radius 3 is 2.70 bits per heavy atom. The predicted molar refractivity (Wildman–Crippen MR) is 152 cm³/mol. The molecule has 226 valence electrons. The number of ether oxygens (including phenoxy) is 2. The fraction of sp³-hybridized carbons (Fsp3) is 0.429. The lowest BCUT2D eigenvalue weighted by molar-refractivity contribution is -0.149. The van der Waals surface area contributed by atoms with Gasteiger partial charge in [-0.3, -0.25) is 23.9 Å². The summed E-state index contributed by atoms with van der Waals surface area (Å²) in [6.07, 6.45) is 4.79. The molecule has 0 amide bonds. The Morgan fingerprint density at radius 2 is 1.95 bits per heavy atom. The third-order valence-electron chi connectivity index (χ3n) is 7.98. The summed E-state index contributed by atoms with van der Waals surface area (Å²) >= 11 is 0. The zero-order valence-corrected chi connectivity index (χ0v) is 23.4. The number of carbonyl (C=O) groups excluding carboxylic acids is 1. The predicted octanol–water partition coefficient (Wildman–Crippen LogP) is 1.33. The molecule has 0 spiro atoms. The van der Waals surface area contributed by atoms with Crippen molar-refractivity contribution in [3.63, 3.8) is 0 Å². The number of carbonyl (C=O) groups is 2. The van der Waals surface area contributed by atoms with Crippen LogP contribution in [0.15, 0.2) is 40.6 Å². The highest BCUT2D eigenvalue weighted by Crippen LogP contribution is 2.30. The Morgan fingerprint density at radius 1 is 1.16 bits per heavy atom. The largest absolute Gasteiger partial charge is 0.477 e. The minimum Gasteiger partial charge on any atom is -0.477 e. The quantitative estimate of drug-likeness (QED) is 0.282. The van der Waals surface area contributed by atoms with E-state index in [2.05, 4.69) is 15.0 Å². The number of carboxylic acids is 1. The second kappa shape index (κ2) is 11.6. The zero-order chi connectivity index (χ0) is 30.2. The van der Waals surface area contributed by atoms with Crippen LogP contribution in [0.1, 0.15) is 36.4 Å². The SMILES string of the molecule is CCn1cc(C(=O)O)c(=O)c2cc(F)c(N3CCN(CC(=O)OC[C@@H]4CC[C@H](n5cnc6c(=O)[nH]cnc65)O4)CC3)cc21. The van der Waals surface area contributed by atoms with Crippen molar-refractivity contribution in [2.75, 3.05) is 44.2 Å². The number of nitrogens with zero attached hydrogens (tertiary/aromatic N) is 6. The Hall–Kier alpha value is -4.63. The number of anilines is 1. The maximum atomic E-state index is 15.2. The van der Waals surface area contributed by atoms with Gasteiger partial charge in [0.05, 0.1) is 36.5 Å². The van der Waals surface area contributed by atoms with Crippen LogP contribution in [-0.2, 0) is 20.8 Å². The van der Waals surface area contributed by atoms with Crippen molar-refractivity contribution in [1.82, 2.24) is 29.0 Å². The number of aryl methyl sites for hydroxylation is 1. The summed E-state index contributed by atoms with van der Waals surface area (Å²) in [7, 11) is 0. The normalized spacial score (nSPS) is 19.3. The van der Waals surface area contributed by atoms with Crippen molar-refractivity contribution in [3.05, 3.63) is 62.9 Å². The van der Waals surface area contributed by atoms with Crippen molar-refractivity contribution in [2.24, 2.45) is 0 Å². The van der Waals surface area contributed by atoms with E-state index in [0.717, 1.165) is 6.07 Å². The van der Waals surface area contributed by atoms with Crippen molar-refractivity contribution in [2.45, 2.75) is 38.6 Å². The number of aromatic carboxylic acids is 1. The van der Waals surface area contributed by atoms with Crippen LogP contribution in [-0.4, -0.2) is 91.5 Å². The molecule has 5 heterocycles. The molecule has 0 unspecified atom stereocenters. The summed E-state index contributed by atoms with van der Waals surface area (Å²) in [5.74, 6) is -2.35. The number of H-pyrrole nitrogens is 1. The van der Waals surface area contributed by atoms with E-state index in [4.69, 9.17) is 9.47 Å². The smallest absolute Gasteiger partial charge is 0.341 e. The summed E-state index contributed by atoms with van der Waals surface area (Å²) in [5.41, 5.74) is 0.00179. The Labute approximate surface area is 243 Å². The van der Waals surface area contributed by atoms with Crippen LogP contribution in [0.2, 0.25) is 0 Å². The first-order chi connectivity index (χ1) is 20.7. The maximum Gasteiger partial charge on any atom is 0.341 e. The summed E-state index contributed by atoms with van der Waals surface area (Å²) in [6, 6.07) is 2.69. The molecule has 6 rings (SSSR count). The van der Waals surface area contributed by atoms with Crippen molar-refractivity contribution >= 4 is 39.7 Å². The van der Waals surface area contributed by atoms with Gasteiger partial charge in [0, 0.05) is 44.3 Å². The van der Waals surface area contributed by atoms with E-state index in [1.54, 1.807) is 15.2 Å². The van der Waals surface area contributed by atoms with E-state index in [1.165, 1.54) is 18.9 Å². The van der Waals surface area contributed by atoms with E-state index in [9.17, 15) is 24.3 Å². The van der Waals surface area contributed by atoms with Gasteiger partial charge in [-0.1, -0.05) is 0 Å². The molecule has 1 aromatic carbocycles. The highest BCUT2D eigenvalue weighted by atomic mass is 19.1. The van der Waals surface area contributed by atoms with E-state index < -0.39 is 22.8 Å². The molecule has 14 nitrogen and oxygen atoms in total. The number of aromatic nitrogens is 5. The van der Waals surface area contributed by atoms with Gasteiger partial charge in [0.15, 0.2) is 11.2 Å². The number of nitrogens with one attached hydrogen (secondary N) is 1. The van der Waals surface area contributed by atoms with Gasteiger partial charge in [0.2, 0.25) is 5.43 Å². The third kappa shape index (κ3) is 5.48. The molecular weight excluding hydrogens is 565 g/mol. The van der Waals surface area contributed by atoms with Crippen LogP contribution in [0.5, 0.6) is 0 Å². The van der Waals surface area contributed by atoms with Crippen LogP contribution < -0.4 is 15.9 Å². The molecule has 2 saturated heterocycles. The Kier molecular flexibility index (Phi) is 7.66. The van der Waals surface area contributed by atoms with Crippen LogP contribution >= 0.6 is 0 Å². The third-order valence-corrected chi connectivity index (χ3v) is 7.98. The van der Waals surface area contributed by atoms with E-state index in [1.807, 2.05) is 16.7 Å². The summed E-state index contributed by atoms with van der Waals surface area (Å²) < 4.78 is 30.0. The number of hydrogen-bond donors (Lipinski definition) is 2. The molecule has 0 aliphatic carbocycles. The number of benzene rings is 1. The van der Waals surface area contributed by atoms with Gasteiger partial charge in [0.25, 0.3) is 5.56 Å². The lowest BCUT2D eigenvalue weighted by Crippen LogP contribution is -2.48. The van der Waals surface area contributed by atoms with Crippen LogP contribution in [0, 0.1) is 5.82 Å². The van der Waals surface area contributed by atoms with E-state index >= 15 is 4.39 Å².